The van der Waals surface area contributed by atoms with Crippen LogP contribution in [0.5, 0.6) is 11.5 Å². The minimum atomic E-state index is -1.71. The first kappa shape index (κ1) is 27.1. The van der Waals surface area contributed by atoms with Crippen LogP contribution in [0.3, 0.4) is 0 Å². The van der Waals surface area contributed by atoms with Crippen molar-refractivity contribution in [2.75, 3.05) is 19.1 Å². The van der Waals surface area contributed by atoms with Crippen LogP contribution in [0.1, 0.15) is 48.1 Å². The molecular formula is C35H25ClFNO5. The standard InChI is InChI=1S/C35H25ClFNO5/c1-42-27-15-11-20(18-28(27)43-2)30-31(32(39)24-9-5-6-10-25(24)36)38-26-14-13-21(37)17-19(26)12-16-29(38)35(30)33(40)22-7-3-4-8-23(22)34(35)41/h3-18,29-31H,1-2H3/t29-,30-,31-/m1/s1. The number of nitrogens with zero attached hydrogens (tertiary/aromatic N) is 1. The zero-order valence-electron chi connectivity index (χ0n) is 23.2. The molecule has 3 atom stereocenters. The molecule has 4 aromatic rings. The van der Waals surface area contributed by atoms with Crippen molar-refractivity contribution in [2.24, 2.45) is 5.41 Å². The van der Waals surface area contributed by atoms with Gasteiger partial charge in [0.2, 0.25) is 0 Å². The van der Waals surface area contributed by atoms with Crippen molar-refractivity contribution in [3.63, 3.8) is 0 Å². The van der Waals surface area contributed by atoms with Crippen molar-refractivity contribution in [1.82, 2.24) is 0 Å². The molecule has 1 aliphatic carbocycles. The highest BCUT2D eigenvalue weighted by molar-refractivity contribution is 6.35. The molecule has 0 aromatic heterocycles. The summed E-state index contributed by atoms with van der Waals surface area (Å²) in [7, 11) is 3.01. The first-order chi connectivity index (χ1) is 20.8. The maximum absolute atomic E-state index is 14.8. The molecule has 43 heavy (non-hydrogen) atoms. The molecule has 0 unspecified atom stereocenters. The number of fused-ring (bicyclic) bond motifs is 5. The van der Waals surface area contributed by atoms with Crippen molar-refractivity contribution >= 4 is 40.7 Å². The molecule has 8 heteroatoms. The lowest BCUT2D eigenvalue weighted by molar-refractivity contribution is 0.0665. The van der Waals surface area contributed by atoms with E-state index in [0.717, 1.165) is 0 Å². The van der Waals surface area contributed by atoms with Crippen molar-refractivity contribution in [3.8, 4) is 11.5 Å². The molecule has 1 fully saturated rings. The molecule has 1 saturated heterocycles. The lowest BCUT2D eigenvalue weighted by Gasteiger charge is -2.37. The van der Waals surface area contributed by atoms with Gasteiger partial charge in [0.05, 0.1) is 25.3 Å². The third-order valence-corrected chi connectivity index (χ3v) is 9.27. The third kappa shape index (κ3) is 3.67. The number of Topliss-reactive ketones (excluding diaryl/α,β-unsaturated/α-hetero) is 3. The third-order valence-electron chi connectivity index (χ3n) is 8.94. The Kier molecular flexibility index (Phi) is 6.25. The second-order valence-electron chi connectivity index (χ2n) is 10.9. The second-order valence-corrected chi connectivity index (χ2v) is 11.3. The summed E-state index contributed by atoms with van der Waals surface area (Å²) in [5.41, 5.74) is 0.773. The van der Waals surface area contributed by atoms with E-state index in [1.54, 1.807) is 84.9 Å². The van der Waals surface area contributed by atoms with Gasteiger partial charge in [-0.1, -0.05) is 66.2 Å². The fourth-order valence-electron chi connectivity index (χ4n) is 7.19. The fraction of sp³-hybridized carbons (Fsp3) is 0.171. The molecule has 2 aliphatic heterocycles. The van der Waals surface area contributed by atoms with E-state index in [0.29, 0.717) is 39.4 Å². The average molecular weight is 594 g/mol. The van der Waals surface area contributed by atoms with Crippen LogP contribution in [0.15, 0.2) is 91.0 Å². The lowest BCUT2D eigenvalue weighted by atomic mass is 9.64. The fourth-order valence-corrected chi connectivity index (χ4v) is 7.42. The van der Waals surface area contributed by atoms with Gasteiger partial charge in [0.1, 0.15) is 17.3 Å². The predicted molar refractivity (Wildman–Crippen MR) is 161 cm³/mol. The Morgan fingerprint density at radius 2 is 1.53 bits per heavy atom. The van der Waals surface area contributed by atoms with Crippen molar-refractivity contribution in [2.45, 2.75) is 18.0 Å². The normalized spacial score (nSPS) is 21.0. The smallest absolute Gasteiger partial charge is 0.187 e. The highest BCUT2D eigenvalue weighted by atomic mass is 35.5. The van der Waals surface area contributed by atoms with Gasteiger partial charge in [0.15, 0.2) is 28.8 Å². The number of hydrogen-bond donors (Lipinski definition) is 0. The van der Waals surface area contributed by atoms with E-state index in [1.165, 1.54) is 26.4 Å². The van der Waals surface area contributed by atoms with E-state index >= 15 is 0 Å². The monoisotopic (exact) mass is 593 g/mol. The van der Waals surface area contributed by atoms with Gasteiger partial charge in [-0.25, -0.2) is 4.39 Å². The number of hydrogen-bond acceptors (Lipinski definition) is 6. The summed E-state index contributed by atoms with van der Waals surface area (Å²) in [4.78, 5) is 46.1. The Balaban J connectivity index is 1.57. The van der Waals surface area contributed by atoms with E-state index in [-0.39, 0.29) is 27.9 Å². The summed E-state index contributed by atoms with van der Waals surface area (Å²) in [5, 5.41) is 0.246. The first-order valence-corrected chi connectivity index (χ1v) is 14.2. The van der Waals surface area contributed by atoms with E-state index in [2.05, 4.69) is 0 Å². The lowest BCUT2D eigenvalue weighted by Crippen LogP contribution is -2.48. The van der Waals surface area contributed by atoms with Gasteiger partial charge in [-0.3, -0.25) is 14.4 Å². The Labute approximate surface area is 252 Å². The van der Waals surface area contributed by atoms with Gasteiger partial charge in [-0.15, -0.1) is 0 Å². The number of methoxy groups -OCH3 is 2. The van der Waals surface area contributed by atoms with Crippen molar-refractivity contribution in [3.05, 3.63) is 130 Å². The highest BCUT2D eigenvalue weighted by Gasteiger charge is 2.71. The summed E-state index contributed by atoms with van der Waals surface area (Å²) >= 11 is 6.58. The Hall–Kier alpha value is -4.75. The molecule has 0 N–H and O–H groups in total. The molecule has 6 nitrogen and oxygen atoms in total. The van der Waals surface area contributed by atoms with Crippen LogP contribution in [0.4, 0.5) is 10.1 Å². The van der Waals surface area contributed by atoms with Gasteiger partial charge < -0.3 is 14.4 Å². The van der Waals surface area contributed by atoms with Gasteiger partial charge in [0.25, 0.3) is 0 Å². The number of anilines is 1. The maximum Gasteiger partial charge on any atom is 0.187 e. The molecule has 4 aromatic carbocycles. The van der Waals surface area contributed by atoms with Crippen LogP contribution in [-0.4, -0.2) is 43.7 Å². The molecule has 7 rings (SSSR count). The number of benzene rings is 4. The topological polar surface area (TPSA) is 72.9 Å². The first-order valence-electron chi connectivity index (χ1n) is 13.8. The van der Waals surface area contributed by atoms with E-state index in [4.69, 9.17) is 21.1 Å². The Morgan fingerprint density at radius 1 is 0.860 bits per heavy atom. The molecule has 0 bridgehead atoms. The van der Waals surface area contributed by atoms with Gasteiger partial charge >= 0.3 is 0 Å². The summed E-state index contributed by atoms with van der Waals surface area (Å²) < 4.78 is 25.5. The molecule has 0 amide bonds. The largest absolute Gasteiger partial charge is 0.493 e. The van der Waals surface area contributed by atoms with E-state index in [9.17, 15) is 18.8 Å². The van der Waals surface area contributed by atoms with Gasteiger partial charge in [0, 0.05) is 33.9 Å². The van der Waals surface area contributed by atoms with E-state index < -0.39 is 29.2 Å². The zero-order valence-corrected chi connectivity index (χ0v) is 24.0. The number of ether oxygens (including phenoxy) is 2. The minimum Gasteiger partial charge on any atom is -0.493 e. The van der Waals surface area contributed by atoms with Crippen LogP contribution < -0.4 is 14.4 Å². The molecule has 214 valence electrons. The van der Waals surface area contributed by atoms with Crippen LogP contribution in [0.25, 0.3) is 6.08 Å². The molecular weight excluding hydrogens is 569 g/mol. The van der Waals surface area contributed by atoms with Crippen LogP contribution in [0, 0.1) is 11.2 Å². The van der Waals surface area contributed by atoms with Gasteiger partial charge in [-0.2, -0.15) is 0 Å². The van der Waals surface area contributed by atoms with E-state index in [1.807, 2.05) is 4.90 Å². The van der Waals surface area contributed by atoms with Crippen LogP contribution in [0.2, 0.25) is 5.02 Å². The number of halogens is 2. The Bertz CT molecular complexity index is 1850. The Morgan fingerprint density at radius 3 is 2.21 bits per heavy atom. The second kappa shape index (κ2) is 9.92. The quantitative estimate of drug-likeness (QED) is 0.187. The summed E-state index contributed by atoms with van der Waals surface area (Å²) in [6.45, 7) is 0. The summed E-state index contributed by atoms with van der Waals surface area (Å²) in [6, 6.07) is 21.0. The van der Waals surface area contributed by atoms with Crippen LogP contribution in [-0.2, 0) is 0 Å². The van der Waals surface area contributed by atoms with Crippen LogP contribution >= 0.6 is 11.6 Å². The van der Waals surface area contributed by atoms with Gasteiger partial charge in [-0.05, 0) is 48.0 Å². The van der Waals surface area contributed by atoms with Crippen molar-refractivity contribution in [1.29, 1.82) is 0 Å². The average Bonchev–Trinajstić information content (AvgIpc) is 3.46. The zero-order chi connectivity index (χ0) is 30.0. The molecule has 1 spiro atoms. The predicted octanol–water partition coefficient (Wildman–Crippen LogP) is 6.81. The molecule has 0 saturated carbocycles. The molecule has 3 aliphatic rings. The number of ketones is 3. The summed E-state index contributed by atoms with van der Waals surface area (Å²) in [5.74, 6) is -1.68. The highest BCUT2D eigenvalue weighted by Crippen LogP contribution is 2.61. The summed E-state index contributed by atoms with van der Waals surface area (Å²) in [6.07, 6.45) is 3.47. The van der Waals surface area contributed by atoms with Crippen molar-refractivity contribution < 1.29 is 28.2 Å². The number of carbonyl (C=O) groups excluding carboxylic acids is 3. The maximum atomic E-state index is 14.8. The molecule has 0 radical (unpaired) electrons. The SMILES string of the molecule is COc1ccc([C@@H]2[C@H](C(=O)c3ccccc3Cl)N3c4ccc(F)cc4C=C[C@@H]3C23C(=O)c2ccccc2C3=O)cc1OC. The minimum absolute atomic E-state index is 0.246. The molecule has 2 heterocycles. The number of carbonyl (C=O) groups is 3. The number of rotatable bonds is 5.